The van der Waals surface area contributed by atoms with E-state index in [1.165, 1.54) is 11.8 Å². The number of fused-ring (bicyclic) bond motifs is 1. The summed E-state index contributed by atoms with van der Waals surface area (Å²) in [7, 11) is 0. The van der Waals surface area contributed by atoms with E-state index < -0.39 is 12.0 Å². The van der Waals surface area contributed by atoms with Gasteiger partial charge in [0.2, 0.25) is 5.91 Å². The minimum absolute atomic E-state index is 0.0542. The van der Waals surface area contributed by atoms with Gasteiger partial charge in [0, 0.05) is 23.7 Å². The van der Waals surface area contributed by atoms with Crippen LogP contribution in [0.5, 0.6) is 0 Å². The Morgan fingerprint density at radius 2 is 1.92 bits per heavy atom. The van der Waals surface area contributed by atoms with E-state index in [9.17, 15) is 14.4 Å². The number of amides is 1. The van der Waals surface area contributed by atoms with E-state index in [0.29, 0.717) is 31.0 Å². The molecule has 2 atom stereocenters. The maximum Gasteiger partial charge on any atom is 0.338 e. The van der Waals surface area contributed by atoms with Crippen molar-refractivity contribution in [1.82, 2.24) is 9.80 Å². The summed E-state index contributed by atoms with van der Waals surface area (Å²) in [6.45, 7) is 5.09. The highest BCUT2D eigenvalue weighted by Gasteiger charge is 2.42. The van der Waals surface area contributed by atoms with Crippen LogP contribution in [-0.2, 0) is 30.5 Å². The number of aliphatic imine (C=N–C) groups is 1. The molecule has 3 aliphatic heterocycles. The van der Waals surface area contributed by atoms with Crippen LogP contribution >= 0.6 is 23.1 Å². The number of ether oxygens (including phenoxy) is 2. The lowest BCUT2D eigenvalue weighted by Crippen LogP contribution is -2.44. The summed E-state index contributed by atoms with van der Waals surface area (Å²) in [6, 6.07) is 13.1. The number of carbonyl (C=O) groups is 3. The van der Waals surface area contributed by atoms with Crippen LogP contribution in [0.3, 0.4) is 0 Å². The van der Waals surface area contributed by atoms with Crippen molar-refractivity contribution < 1.29 is 23.9 Å². The van der Waals surface area contributed by atoms with Gasteiger partial charge in [-0.25, -0.2) is 9.79 Å². The number of piperidine rings is 1. The number of allylic oxidation sites excluding steroid dienone is 1. The molecule has 1 amide bonds. The predicted molar refractivity (Wildman–Crippen MR) is 151 cm³/mol. The molecular formula is C29H31N3O5S2. The molecule has 0 saturated carbocycles. The van der Waals surface area contributed by atoms with Crippen molar-refractivity contribution in [2.45, 2.75) is 45.8 Å². The molecule has 0 N–H and O–H groups in total. The first-order chi connectivity index (χ1) is 19.0. The van der Waals surface area contributed by atoms with E-state index >= 15 is 0 Å². The second-order valence-corrected chi connectivity index (χ2v) is 11.4. The van der Waals surface area contributed by atoms with Crippen LogP contribution in [0.15, 0.2) is 75.2 Å². The van der Waals surface area contributed by atoms with Gasteiger partial charge in [0.15, 0.2) is 5.17 Å². The van der Waals surface area contributed by atoms with Gasteiger partial charge in [0.1, 0.15) is 12.6 Å². The number of hydrogen-bond donors (Lipinski definition) is 0. The average Bonchev–Trinajstić information content (AvgIpc) is 3.62. The Morgan fingerprint density at radius 3 is 2.67 bits per heavy atom. The molecule has 8 nitrogen and oxygen atoms in total. The lowest BCUT2D eigenvalue weighted by Gasteiger charge is -2.36. The minimum atomic E-state index is -0.441. The predicted octanol–water partition coefficient (Wildman–Crippen LogP) is 5.26. The van der Waals surface area contributed by atoms with Crippen molar-refractivity contribution in [3.05, 3.63) is 80.7 Å². The number of esters is 2. The molecule has 204 valence electrons. The van der Waals surface area contributed by atoms with Gasteiger partial charge in [0.25, 0.3) is 0 Å². The first-order valence-electron chi connectivity index (χ1n) is 13.1. The summed E-state index contributed by atoms with van der Waals surface area (Å²) in [6.07, 6.45) is 1.63. The van der Waals surface area contributed by atoms with Crippen LogP contribution in [0.1, 0.15) is 49.6 Å². The zero-order valence-corrected chi connectivity index (χ0v) is 23.6. The summed E-state index contributed by atoms with van der Waals surface area (Å²) in [5.41, 5.74) is 2.77. The summed E-state index contributed by atoms with van der Waals surface area (Å²) in [5.74, 6) is -1.01. The number of thioether (sulfide) groups is 1. The Hall–Kier alpha value is -3.37. The molecule has 1 aromatic carbocycles. The largest absolute Gasteiger partial charge is 0.466 e. The van der Waals surface area contributed by atoms with Gasteiger partial charge >= 0.3 is 11.9 Å². The van der Waals surface area contributed by atoms with E-state index in [2.05, 4.69) is 0 Å². The first kappa shape index (κ1) is 27.2. The van der Waals surface area contributed by atoms with Crippen LogP contribution in [0.25, 0.3) is 0 Å². The zero-order chi connectivity index (χ0) is 27.4. The van der Waals surface area contributed by atoms with Gasteiger partial charge in [-0.3, -0.25) is 9.59 Å². The van der Waals surface area contributed by atoms with Gasteiger partial charge in [-0.05, 0) is 49.1 Å². The van der Waals surface area contributed by atoms with E-state index in [0.717, 1.165) is 34.1 Å². The fourth-order valence-corrected chi connectivity index (χ4v) is 6.86. The Bertz CT molecular complexity index is 1320. The van der Waals surface area contributed by atoms with Crippen LogP contribution in [0, 0.1) is 5.92 Å². The Labute approximate surface area is 236 Å². The molecule has 3 aliphatic rings. The molecule has 5 rings (SSSR count). The molecule has 0 aliphatic carbocycles. The molecule has 4 heterocycles. The molecule has 0 bridgehead atoms. The average molecular weight is 566 g/mol. The lowest BCUT2D eigenvalue weighted by atomic mass is 9.97. The minimum Gasteiger partial charge on any atom is -0.466 e. The Morgan fingerprint density at radius 1 is 1.10 bits per heavy atom. The molecule has 0 spiro atoms. The molecule has 1 saturated heterocycles. The molecular weight excluding hydrogens is 534 g/mol. The van der Waals surface area contributed by atoms with Gasteiger partial charge in [-0.1, -0.05) is 48.2 Å². The van der Waals surface area contributed by atoms with Gasteiger partial charge < -0.3 is 19.3 Å². The smallest absolute Gasteiger partial charge is 0.338 e. The molecule has 0 radical (unpaired) electrons. The second kappa shape index (κ2) is 12.2. The number of amidine groups is 1. The number of benzene rings is 1. The monoisotopic (exact) mass is 565 g/mol. The fourth-order valence-electron chi connectivity index (χ4n) is 5.07. The highest BCUT2D eigenvalue weighted by Crippen LogP contribution is 2.46. The van der Waals surface area contributed by atoms with Crippen molar-refractivity contribution in [2.75, 3.05) is 19.7 Å². The van der Waals surface area contributed by atoms with Crippen molar-refractivity contribution in [2.24, 2.45) is 10.9 Å². The highest BCUT2D eigenvalue weighted by atomic mass is 32.2. The van der Waals surface area contributed by atoms with E-state index in [-0.39, 0.29) is 30.8 Å². The zero-order valence-electron chi connectivity index (χ0n) is 22.0. The van der Waals surface area contributed by atoms with Gasteiger partial charge in [0.05, 0.1) is 30.2 Å². The van der Waals surface area contributed by atoms with E-state index in [4.69, 9.17) is 14.5 Å². The maximum atomic E-state index is 13.5. The van der Waals surface area contributed by atoms with Crippen LogP contribution in [0.2, 0.25) is 0 Å². The number of carbonyl (C=O) groups excluding carboxylic acids is 3. The van der Waals surface area contributed by atoms with Crippen LogP contribution in [0.4, 0.5) is 0 Å². The van der Waals surface area contributed by atoms with E-state index in [1.54, 1.807) is 23.2 Å². The third kappa shape index (κ3) is 5.96. The van der Waals surface area contributed by atoms with Gasteiger partial charge in [-0.2, -0.15) is 0 Å². The standard InChI is InChI=1S/C29H31N3O5S2/c1-3-36-27(34)21-11-7-13-31(16-21)24(33)15-22-18-39-29-30-19(2)25(26(32(22)29)23-12-8-14-38-23)28(35)37-17-20-9-5-4-6-10-20/h4-6,8-10,12,14,18,21,26H,3,7,11,13,15-17H2,1-2H3/t21-,26+/m0/s1. The molecule has 1 fully saturated rings. The molecule has 10 heteroatoms. The number of rotatable bonds is 8. The molecule has 0 unspecified atom stereocenters. The Balaban J connectivity index is 1.35. The number of likely N-dealkylation sites (tertiary alicyclic amines) is 1. The van der Waals surface area contributed by atoms with Crippen LogP contribution in [-0.4, -0.2) is 52.5 Å². The SMILES string of the molecule is CCOC(=O)[C@H]1CCCN(C(=O)CC2=CSC3=NC(C)=C(C(=O)OCc4ccccc4)[C@@H](c4cccs4)N23)C1. The summed E-state index contributed by atoms with van der Waals surface area (Å²) < 4.78 is 10.9. The third-order valence-corrected chi connectivity index (χ3v) is 8.79. The van der Waals surface area contributed by atoms with Crippen molar-refractivity contribution in [3.8, 4) is 0 Å². The molecule has 1 aromatic heterocycles. The second-order valence-electron chi connectivity index (χ2n) is 9.58. The number of nitrogens with zero attached hydrogens (tertiary/aromatic N) is 3. The molecule has 39 heavy (non-hydrogen) atoms. The highest BCUT2D eigenvalue weighted by molar-refractivity contribution is 8.16. The van der Waals surface area contributed by atoms with Crippen LogP contribution < -0.4 is 0 Å². The lowest BCUT2D eigenvalue weighted by molar-refractivity contribution is -0.151. The topological polar surface area (TPSA) is 88.5 Å². The number of thiophene rings is 1. The number of hydrogen-bond acceptors (Lipinski definition) is 9. The van der Waals surface area contributed by atoms with Crippen molar-refractivity contribution in [3.63, 3.8) is 0 Å². The normalized spacial score (nSPS) is 20.8. The third-order valence-electron chi connectivity index (χ3n) is 6.97. The Kier molecular flexibility index (Phi) is 8.52. The first-order valence-corrected chi connectivity index (χ1v) is 14.9. The summed E-state index contributed by atoms with van der Waals surface area (Å²) >= 11 is 3.00. The quantitative estimate of drug-likeness (QED) is 0.404. The van der Waals surface area contributed by atoms with Crippen molar-refractivity contribution in [1.29, 1.82) is 0 Å². The van der Waals surface area contributed by atoms with E-state index in [1.807, 2.05) is 65.1 Å². The fraction of sp³-hybridized carbons (Fsp3) is 0.379. The maximum absolute atomic E-state index is 13.5. The van der Waals surface area contributed by atoms with Gasteiger partial charge in [-0.15, -0.1) is 11.3 Å². The molecule has 2 aromatic rings. The summed E-state index contributed by atoms with van der Waals surface area (Å²) in [5, 5.41) is 4.65. The summed E-state index contributed by atoms with van der Waals surface area (Å²) in [4.78, 5) is 48.7. The van der Waals surface area contributed by atoms with Crippen molar-refractivity contribution >= 4 is 46.1 Å².